The zero-order valence-corrected chi connectivity index (χ0v) is 16.4. The molecule has 7 nitrogen and oxygen atoms in total. The van der Waals surface area contributed by atoms with Crippen LogP contribution in [0.3, 0.4) is 0 Å². The zero-order chi connectivity index (χ0) is 21.2. The van der Waals surface area contributed by atoms with E-state index in [-0.39, 0.29) is 33.3 Å². The molecule has 1 heterocycles. The summed E-state index contributed by atoms with van der Waals surface area (Å²) in [5.41, 5.74) is -0.400. The highest BCUT2D eigenvalue weighted by atomic mass is 35.5. The molecule has 0 unspecified atom stereocenters. The van der Waals surface area contributed by atoms with Crippen LogP contribution in [0.5, 0.6) is 0 Å². The van der Waals surface area contributed by atoms with Gasteiger partial charge in [-0.25, -0.2) is 17.9 Å². The third-order valence-electron chi connectivity index (χ3n) is 4.10. The van der Waals surface area contributed by atoms with Gasteiger partial charge in [0.05, 0.1) is 11.4 Å². The summed E-state index contributed by atoms with van der Waals surface area (Å²) in [7, 11) is -3.86. The second kappa shape index (κ2) is 8.16. The van der Waals surface area contributed by atoms with E-state index in [2.05, 4.69) is 5.32 Å². The highest BCUT2D eigenvalue weighted by Gasteiger charge is 2.15. The Bertz CT molecular complexity index is 1220. The lowest BCUT2D eigenvalue weighted by molar-refractivity contribution is 0.102. The third kappa shape index (κ3) is 4.70. The number of nitrogens with zero attached hydrogens (tertiary/aromatic N) is 1. The van der Waals surface area contributed by atoms with E-state index in [0.29, 0.717) is 0 Å². The second-order valence-corrected chi connectivity index (χ2v) is 8.05. The van der Waals surface area contributed by atoms with Gasteiger partial charge in [0.15, 0.2) is 0 Å². The van der Waals surface area contributed by atoms with E-state index in [1.165, 1.54) is 65.4 Å². The van der Waals surface area contributed by atoms with Gasteiger partial charge in [-0.05, 0) is 48.5 Å². The highest BCUT2D eigenvalue weighted by Crippen LogP contribution is 2.19. The average molecular weight is 436 g/mol. The first-order valence-electron chi connectivity index (χ1n) is 8.23. The molecule has 0 spiro atoms. The van der Waals surface area contributed by atoms with Crippen LogP contribution in [0.1, 0.15) is 15.9 Å². The minimum atomic E-state index is -3.86. The first kappa shape index (κ1) is 20.7. The SMILES string of the molecule is NS(=O)(=O)c1ccc(NC(=O)c2cccn(Cc3c(F)cccc3Cl)c2=O)cc1. The number of hydrogen-bond acceptors (Lipinski definition) is 4. The maximum atomic E-state index is 14.0. The molecule has 0 saturated heterocycles. The van der Waals surface area contributed by atoms with Crippen LogP contribution >= 0.6 is 11.6 Å². The molecule has 0 atom stereocenters. The Labute approximate surface area is 170 Å². The molecular formula is C19H15ClFN3O4S. The molecule has 0 bridgehead atoms. The molecule has 0 aliphatic heterocycles. The number of nitrogens with two attached hydrogens (primary N) is 1. The standard InChI is InChI=1S/C19H15ClFN3O4S/c20-16-4-1-5-17(21)15(16)11-24-10-2-3-14(19(24)26)18(25)23-12-6-8-13(9-7-12)29(22,27)28/h1-10H,11H2,(H,23,25)(H2,22,27,28). The van der Waals surface area contributed by atoms with Crippen molar-refractivity contribution in [2.24, 2.45) is 5.14 Å². The van der Waals surface area contributed by atoms with Crippen molar-refractivity contribution in [3.63, 3.8) is 0 Å². The van der Waals surface area contributed by atoms with Crippen LogP contribution in [0.25, 0.3) is 0 Å². The molecule has 1 amide bonds. The first-order valence-corrected chi connectivity index (χ1v) is 10.2. The van der Waals surface area contributed by atoms with Gasteiger partial charge in [0.25, 0.3) is 11.5 Å². The Balaban J connectivity index is 1.85. The molecule has 0 radical (unpaired) electrons. The number of pyridine rings is 1. The lowest BCUT2D eigenvalue weighted by atomic mass is 10.2. The fraction of sp³-hybridized carbons (Fsp3) is 0.0526. The van der Waals surface area contributed by atoms with Crippen molar-refractivity contribution < 1.29 is 17.6 Å². The number of primary sulfonamides is 1. The lowest BCUT2D eigenvalue weighted by Gasteiger charge is -2.11. The molecule has 3 rings (SSSR count). The van der Waals surface area contributed by atoms with Crippen molar-refractivity contribution in [1.82, 2.24) is 4.57 Å². The third-order valence-corrected chi connectivity index (χ3v) is 5.38. The van der Waals surface area contributed by atoms with Crippen molar-refractivity contribution in [1.29, 1.82) is 0 Å². The van der Waals surface area contributed by atoms with Crippen LogP contribution in [0.4, 0.5) is 10.1 Å². The molecule has 3 N–H and O–H groups in total. The predicted molar refractivity (Wildman–Crippen MR) is 107 cm³/mol. The molecule has 1 aromatic heterocycles. The van der Waals surface area contributed by atoms with E-state index in [4.69, 9.17) is 16.7 Å². The van der Waals surface area contributed by atoms with Gasteiger partial charge in [-0.1, -0.05) is 17.7 Å². The number of halogens is 2. The molecule has 0 saturated carbocycles. The highest BCUT2D eigenvalue weighted by molar-refractivity contribution is 7.89. The summed E-state index contributed by atoms with van der Waals surface area (Å²) in [6.07, 6.45) is 1.42. The van der Waals surface area contributed by atoms with Crippen molar-refractivity contribution >= 4 is 33.2 Å². The Morgan fingerprint density at radius 3 is 2.41 bits per heavy atom. The van der Waals surface area contributed by atoms with E-state index in [0.717, 1.165) is 0 Å². The van der Waals surface area contributed by atoms with Crippen LogP contribution in [0, 0.1) is 5.82 Å². The van der Waals surface area contributed by atoms with Gasteiger partial charge in [0.1, 0.15) is 11.4 Å². The normalized spacial score (nSPS) is 11.3. The van der Waals surface area contributed by atoms with Crippen LogP contribution < -0.4 is 16.0 Å². The maximum Gasteiger partial charge on any atom is 0.263 e. The van der Waals surface area contributed by atoms with E-state index < -0.39 is 27.3 Å². The van der Waals surface area contributed by atoms with Crippen LogP contribution in [0.2, 0.25) is 5.02 Å². The molecule has 10 heteroatoms. The number of carbonyl (C=O) groups is 1. The number of anilines is 1. The fourth-order valence-electron chi connectivity index (χ4n) is 2.61. The summed E-state index contributed by atoms with van der Waals surface area (Å²) in [4.78, 5) is 25.0. The van der Waals surface area contributed by atoms with Gasteiger partial charge >= 0.3 is 0 Å². The average Bonchev–Trinajstić information content (AvgIpc) is 2.65. The smallest absolute Gasteiger partial charge is 0.263 e. The summed E-state index contributed by atoms with van der Waals surface area (Å²) in [6.45, 7) is -0.144. The number of hydrogen-bond donors (Lipinski definition) is 2. The van der Waals surface area contributed by atoms with E-state index in [1.54, 1.807) is 0 Å². The summed E-state index contributed by atoms with van der Waals surface area (Å²) in [5, 5.41) is 7.70. The number of sulfonamides is 1. The minimum absolute atomic E-state index is 0.112. The summed E-state index contributed by atoms with van der Waals surface area (Å²) >= 11 is 6.00. The molecule has 0 fully saturated rings. The maximum absolute atomic E-state index is 14.0. The van der Waals surface area contributed by atoms with Crippen molar-refractivity contribution in [3.8, 4) is 0 Å². The quantitative estimate of drug-likeness (QED) is 0.641. The van der Waals surface area contributed by atoms with E-state index in [1.807, 2.05) is 0 Å². The lowest BCUT2D eigenvalue weighted by Crippen LogP contribution is -2.29. The Morgan fingerprint density at radius 1 is 1.10 bits per heavy atom. The van der Waals surface area contributed by atoms with Gasteiger partial charge in [-0.2, -0.15) is 0 Å². The van der Waals surface area contributed by atoms with Crippen molar-refractivity contribution in [2.45, 2.75) is 11.4 Å². The molecular weight excluding hydrogens is 421 g/mol. The Kier molecular flexibility index (Phi) is 5.83. The van der Waals surface area contributed by atoms with Crippen LogP contribution in [-0.4, -0.2) is 18.9 Å². The molecule has 150 valence electrons. The topological polar surface area (TPSA) is 111 Å². The van der Waals surface area contributed by atoms with Gasteiger partial charge in [0.2, 0.25) is 10.0 Å². The molecule has 0 aliphatic carbocycles. The number of rotatable bonds is 5. The number of amides is 1. The summed E-state index contributed by atoms with van der Waals surface area (Å²) in [6, 6.07) is 12.2. The molecule has 2 aromatic carbocycles. The van der Waals surface area contributed by atoms with Crippen LogP contribution in [-0.2, 0) is 16.6 Å². The largest absolute Gasteiger partial charge is 0.322 e. The number of benzene rings is 2. The molecule has 29 heavy (non-hydrogen) atoms. The number of aromatic nitrogens is 1. The van der Waals surface area contributed by atoms with Gasteiger partial charge in [0, 0.05) is 22.5 Å². The number of carbonyl (C=O) groups excluding carboxylic acids is 1. The summed E-state index contributed by atoms with van der Waals surface area (Å²) in [5.74, 6) is -1.26. The van der Waals surface area contributed by atoms with E-state index >= 15 is 0 Å². The van der Waals surface area contributed by atoms with Crippen LogP contribution in [0.15, 0.2) is 70.5 Å². The molecule has 3 aromatic rings. The first-order chi connectivity index (χ1) is 13.7. The number of nitrogens with one attached hydrogen (secondary N) is 1. The monoisotopic (exact) mass is 435 g/mol. The van der Waals surface area contributed by atoms with Crippen molar-refractivity contribution in [3.05, 3.63) is 93.1 Å². The predicted octanol–water partition coefficient (Wildman–Crippen LogP) is 2.59. The Hall–Kier alpha value is -3.01. The summed E-state index contributed by atoms with van der Waals surface area (Å²) < 4.78 is 37.7. The van der Waals surface area contributed by atoms with E-state index in [9.17, 15) is 22.4 Å². The van der Waals surface area contributed by atoms with Gasteiger partial charge in [-0.3, -0.25) is 9.59 Å². The Morgan fingerprint density at radius 2 is 1.79 bits per heavy atom. The molecule has 0 aliphatic rings. The minimum Gasteiger partial charge on any atom is -0.322 e. The zero-order valence-electron chi connectivity index (χ0n) is 14.8. The second-order valence-electron chi connectivity index (χ2n) is 6.08. The van der Waals surface area contributed by atoms with Crippen molar-refractivity contribution in [2.75, 3.05) is 5.32 Å². The fourth-order valence-corrected chi connectivity index (χ4v) is 3.35. The van der Waals surface area contributed by atoms with Gasteiger partial charge in [-0.15, -0.1) is 0 Å². The van der Waals surface area contributed by atoms with Gasteiger partial charge < -0.3 is 9.88 Å².